The molecule has 2 fully saturated rings. The molecule has 0 radical (unpaired) electrons. The van der Waals surface area contributed by atoms with Gasteiger partial charge in [0.1, 0.15) is 11.4 Å². The molecule has 3 aromatic rings. The summed E-state index contributed by atoms with van der Waals surface area (Å²) in [4.78, 5) is 4.49. The minimum Gasteiger partial charge on any atom is -0.482 e. The Hall–Kier alpha value is -1.88. The average Bonchev–Trinajstić information content (AvgIpc) is 3.37. The van der Waals surface area contributed by atoms with Gasteiger partial charge in [-0.15, -0.1) is 0 Å². The van der Waals surface area contributed by atoms with E-state index in [2.05, 4.69) is 90.0 Å². The van der Waals surface area contributed by atoms with Gasteiger partial charge in [-0.25, -0.2) is 0 Å². The quantitative estimate of drug-likeness (QED) is 0.342. The lowest BCUT2D eigenvalue weighted by molar-refractivity contribution is 0.104. The third-order valence-electron chi connectivity index (χ3n) is 7.23. The van der Waals surface area contributed by atoms with Crippen molar-refractivity contribution in [1.82, 2.24) is 4.98 Å². The molecular formula is C27H28INO. The van der Waals surface area contributed by atoms with Gasteiger partial charge in [-0.05, 0) is 115 Å². The monoisotopic (exact) mass is 509 g/mol. The fraction of sp³-hybridized carbons (Fsp3) is 0.370. The predicted molar refractivity (Wildman–Crippen MR) is 130 cm³/mol. The number of ether oxygens (including phenoxy) is 1. The smallest absolute Gasteiger partial charge is 0.145 e. The molecule has 1 heterocycles. The molecule has 2 nitrogen and oxygen atoms in total. The average molecular weight is 509 g/mol. The Labute approximate surface area is 193 Å². The van der Waals surface area contributed by atoms with E-state index in [1.807, 2.05) is 24.4 Å². The Morgan fingerprint density at radius 2 is 1.63 bits per heavy atom. The van der Waals surface area contributed by atoms with E-state index in [0.29, 0.717) is 0 Å². The van der Waals surface area contributed by atoms with Crippen LogP contribution in [0.25, 0.3) is 0 Å². The van der Waals surface area contributed by atoms with E-state index in [0.717, 1.165) is 23.3 Å². The van der Waals surface area contributed by atoms with Crippen LogP contribution in [0, 0.1) is 15.4 Å². The normalized spacial score (nSPS) is 25.4. The number of benzene rings is 2. The lowest BCUT2D eigenvalue weighted by Crippen LogP contribution is -2.34. The summed E-state index contributed by atoms with van der Waals surface area (Å²) in [7, 11) is 0. The van der Waals surface area contributed by atoms with Gasteiger partial charge in [-0.2, -0.15) is 0 Å². The summed E-state index contributed by atoms with van der Waals surface area (Å²) in [5.41, 5.74) is 3.56. The van der Waals surface area contributed by atoms with Crippen molar-refractivity contribution in [2.45, 2.75) is 50.5 Å². The fourth-order valence-electron chi connectivity index (χ4n) is 5.84. The van der Waals surface area contributed by atoms with Gasteiger partial charge in [-0.1, -0.05) is 36.8 Å². The summed E-state index contributed by atoms with van der Waals surface area (Å²) in [6.07, 6.45) is 7.22. The third kappa shape index (κ3) is 3.45. The highest BCUT2D eigenvalue weighted by molar-refractivity contribution is 14.1. The number of halogens is 1. The number of pyridine rings is 1. The van der Waals surface area contributed by atoms with E-state index >= 15 is 0 Å². The van der Waals surface area contributed by atoms with Crippen LogP contribution in [0.4, 0.5) is 0 Å². The third-order valence-corrected chi connectivity index (χ3v) is 7.95. The molecule has 30 heavy (non-hydrogen) atoms. The Balaban J connectivity index is 1.46. The molecule has 2 saturated carbocycles. The van der Waals surface area contributed by atoms with Crippen LogP contribution in [0.5, 0.6) is 5.75 Å². The molecule has 0 N–H and O–H groups in total. The van der Waals surface area contributed by atoms with Crippen LogP contribution in [-0.4, -0.2) is 4.98 Å². The van der Waals surface area contributed by atoms with E-state index in [9.17, 15) is 0 Å². The molecule has 2 aliphatic carbocycles. The standard InChI is InChI=1S/C27H28INO/c1-26(2,25-5-3-4-16-29-25)30-24-14-10-21(11-15-24)27(18-19-6-7-22(27)17-19)20-8-12-23(28)13-9-20/h3-5,8-16,19,22H,6-7,17-18H2,1-2H3. The van der Waals surface area contributed by atoms with Crippen molar-refractivity contribution in [1.29, 1.82) is 0 Å². The highest BCUT2D eigenvalue weighted by Crippen LogP contribution is 2.60. The van der Waals surface area contributed by atoms with Crippen LogP contribution in [0.2, 0.25) is 0 Å². The zero-order chi connectivity index (χ0) is 20.8. The molecule has 2 bridgehead atoms. The van der Waals surface area contributed by atoms with Crippen LogP contribution in [0.3, 0.4) is 0 Å². The largest absolute Gasteiger partial charge is 0.482 e. The molecule has 0 amide bonds. The summed E-state index contributed by atoms with van der Waals surface area (Å²) in [5.74, 6) is 2.52. The van der Waals surface area contributed by atoms with Crippen LogP contribution in [0.1, 0.15) is 56.4 Å². The van der Waals surface area contributed by atoms with E-state index in [-0.39, 0.29) is 5.41 Å². The number of hydrogen-bond donors (Lipinski definition) is 0. The number of hydrogen-bond acceptors (Lipinski definition) is 2. The summed E-state index contributed by atoms with van der Waals surface area (Å²) in [6.45, 7) is 4.15. The lowest BCUT2D eigenvalue weighted by atomic mass is 9.64. The number of nitrogens with zero attached hydrogens (tertiary/aromatic N) is 1. The van der Waals surface area contributed by atoms with Crippen molar-refractivity contribution in [3.05, 3.63) is 93.3 Å². The van der Waals surface area contributed by atoms with E-state index < -0.39 is 5.60 Å². The number of rotatable bonds is 5. The second-order valence-electron chi connectivity index (χ2n) is 9.41. The first-order chi connectivity index (χ1) is 14.5. The topological polar surface area (TPSA) is 22.1 Å². The maximum Gasteiger partial charge on any atom is 0.145 e. The van der Waals surface area contributed by atoms with E-state index in [1.165, 1.54) is 40.4 Å². The van der Waals surface area contributed by atoms with Gasteiger partial charge < -0.3 is 4.74 Å². The SMILES string of the molecule is CC(C)(Oc1ccc(C2(c3ccc(I)cc3)CC3CCC2C3)cc1)c1ccccn1. The zero-order valence-electron chi connectivity index (χ0n) is 17.6. The first-order valence-corrected chi connectivity index (χ1v) is 12.0. The van der Waals surface area contributed by atoms with Gasteiger partial charge in [0.2, 0.25) is 0 Å². The van der Waals surface area contributed by atoms with Gasteiger partial charge in [0.25, 0.3) is 0 Å². The van der Waals surface area contributed by atoms with E-state index in [4.69, 9.17) is 4.74 Å². The Kier molecular flexibility index (Phi) is 5.12. The lowest BCUT2D eigenvalue weighted by Gasteiger charge is -2.39. The molecule has 3 atom stereocenters. The number of aromatic nitrogens is 1. The van der Waals surface area contributed by atoms with Crippen LogP contribution < -0.4 is 4.74 Å². The van der Waals surface area contributed by atoms with Crippen molar-refractivity contribution < 1.29 is 4.74 Å². The Morgan fingerprint density at radius 3 is 2.20 bits per heavy atom. The minimum atomic E-state index is -0.469. The maximum absolute atomic E-state index is 6.36. The van der Waals surface area contributed by atoms with Crippen molar-refractivity contribution in [2.75, 3.05) is 0 Å². The van der Waals surface area contributed by atoms with Gasteiger partial charge in [0.15, 0.2) is 0 Å². The predicted octanol–water partition coefficient (Wildman–Crippen LogP) is 7.11. The van der Waals surface area contributed by atoms with Gasteiger partial charge in [-0.3, -0.25) is 4.98 Å². The maximum atomic E-state index is 6.36. The van der Waals surface area contributed by atoms with Gasteiger partial charge >= 0.3 is 0 Å². The van der Waals surface area contributed by atoms with Crippen molar-refractivity contribution >= 4 is 22.6 Å². The summed E-state index contributed by atoms with van der Waals surface area (Å²) in [5, 5.41) is 0. The molecule has 2 aliphatic rings. The molecule has 0 aliphatic heterocycles. The molecule has 5 rings (SSSR count). The van der Waals surface area contributed by atoms with Gasteiger partial charge in [0, 0.05) is 15.2 Å². The molecule has 2 aromatic carbocycles. The summed E-state index contributed by atoms with van der Waals surface area (Å²) in [6, 6.07) is 24.1. The van der Waals surface area contributed by atoms with Crippen LogP contribution >= 0.6 is 22.6 Å². The Morgan fingerprint density at radius 1 is 0.933 bits per heavy atom. The molecule has 0 saturated heterocycles. The molecule has 1 aromatic heterocycles. The molecule has 3 heteroatoms. The second kappa shape index (κ2) is 7.67. The summed E-state index contributed by atoms with van der Waals surface area (Å²) >= 11 is 2.40. The van der Waals surface area contributed by atoms with Crippen LogP contribution in [-0.2, 0) is 11.0 Å². The Bertz CT molecular complexity index is 1010. The fourth-order valence-corrected chi connectivity index (χ4v) is 6.20. The first-order valence-electron chi connectivity index (χ1n) is 10.9. The first kappa shape index (κ1) is 20.0. The van der Waals surface area contributed by atoms with Crippen molar-refractivity contribution in [3.8, 4) is 5.75 Å². The van der Waals surface area contributed by atoms with Crippen molar-refractivity contribution in [3.63, 3.8) is 0 Å². The van der Waals surface area contributed by atoms with Gasteiger partial charge in [0.05, 0.1) is 5.69 Å². The molecular weight excluding hydrogens is 481 g/mol. The highest BCUT2D eigenvalue weighted by atomic mass is 127. The molecule has 0 spiro atoms. The minimum absolute atomic E-state index is 0.155. The number of fused-ring (bicyclic) bond motifs is 2. The summed E-state index contributed by atoms with van der Waals surface area (Å²) < 4.78 is 7.66. The highest BCUT2D eigenvalue weighted by Gasteiger charge is 2.52. The van der Waals surface area contributed by atoms with E-state index in [1.54, 1.807) is 0 Å². The van der Waals surface area contributed by atoms with Crippen LogP contribution in [0.15, 0.2) is 72.9 Å². The molecule has 3 unspecified atom stereocenters. The second-order valence-corrected chi connectivity index (χ2v) is 10.7. The zero-order valence-corrected chi connectivity index (χ0v) is 19.8. The van der Waals surface area contributed by atoms with Crippen molar-refractivity contribution in [2.24, 2.45) is 11.8 Å². The molecule has 154 valence electrons.